The van der Waals surface area contributed by atoms with E-state index in [9.17, 15) is 4.79 Å². The number of hydrogen-bond donors (Lipinski definition) is 0. The number of rotatable bonds is 5. The number of carbonyl (C=O) groups is 1. The van der Waals surface area contributed by atoms with Crippen LogP contribution in [0.4, 0.5) is 0 Å². The molecule has 3 heteroatoms. The average Bonchev–Trinajstić information content (AvgIpc) is 2.37. The summed E-state index contributed by atoms with van der Waals surface area (Å²) in [7, 11) is 0. The molecular formula is C18H28O3. The number of unbranched alkanes of at least 4 members (excludes halogenated alkanes) is 1. The van der Waals surface area contributed by atoms with Gasteiger partial charge in [-0.1, -0.05) is 26.8 Å². The first kappa shape index (κ1) is 16.1. The van der Waals surface area contributed by atoms with Gasteiger partial charge in [0.15, 0.2) is 0 Å². The lowest BCUT2D eigenvalue weighted by Crippen LogP contribution is -2.52. The van der Waals surface area contributed by atoms with Gasteiger partial charge in [-0.15, -0.1) is 6.58 Å². The first-order valence-electron chi connectivity index (χ1n) is 8.20. The first-order valence-corrected chi connectivity index (χ1v) is 8.20. The Balaban J connectivity index is 2.17. The van der Waals surface area contributed by atoms with E-state index in [4.69, 9.17) is 9.47 Å². The van der Waals surface area contributed by atoms with Crippen molar-refractivity contribution < 1.29 is 14.3 Å². The molecule has 2 rings (SSSR count). The van der Waals surface area contributed by atoms with Gasteiger partial charge in [0.05, 0.1) is 6.08 Å². The minimum Gasteiger partial charge on any atom is -0.456 e. The van der Waals surface area contributed by atoms with E-state index < -0.39 is 5.79 Å². The fourth-order valence-corrected chi connectivity index (χ4v) is 3.65. The van der Waals surface area contributed by atoms with Gasteiger partial charge in [-0.25, -0.2) is 4.79 Å². The highest BCUT2D eigenvalue weighted by Gasteiger charge is 2.51. The summed E-state index contributed by atoms with van der Waals surface area (Å²) < 4.78 is 12.0. The zero-order valence-electron chi connectivity index (χ0n) is 13.6. The number of ether oxygens (including phenoxy) is 2. The summed E-state index contributed by atoms with van der Waals surface area (Å²) in [6.07, 6.45) is 9.14. The lowest BCUT2D eigenvalue weighted by atomic mass is 9.72. The van der Waals surface area contributed by atoms with Crippen molar-refractivity contribution in [2.75, 3.05) is 0 Å². The van der Waals surface area contributed by atoms with Crippen LogP contribution in [0.1, 0.15) is 59.3 Å². The van der Waals surface area contributed by atoms with Crippen molar-refractivity contribution in [1.82, 2.24) is 0 Å². The van der Waals surface area contributed by atoms with Gasteiger partial charge in [0.25, 0.3) is 5.79 Å². The van der Waals surface area contributed by atoms with Crippen LogP contribution < -0.4 is 0 Å². The van der Waals surface area contributed by atoms with Crippen molar-refractivity contribution in [1.29, 1.82) is 0 Å². The van der Waals surface area contributed by atoms with E-state index in [2.05, 4.69) is 27.4 Å². The molecule has 0 aromatic carbocycles. The zero-order valence-corrected chi connectivity index (χ0v) is 13.6. The normalized spacial score (nSPS) is 32.6. The van der Waals surface area contributed by atoms with Gasteiger partial charge in [-0.05, 0) is 37.5 Å². The van der Waals surface area contributed by atoms with Crippen LogP contribution in [-0.2, 0) is 14.3 Å². The van der Waals surface area contributed by atoms with Crippen LogP contribution in [-0.4, -0.2) is 11.8 Å². The summed E-state index contributed by atoms with van der Waals surface area (Å²) in [4.78, 5) is 12.1. The van der Waals surface area contributed by atoms with Gasteiger partial charge in [0, 0.05) is 18.8 Å². The molecule has 2 aliphatic rings. The highest BCUT2D eigenvalue weighted by Crippen LogP contribution is 2.47. The first-order chi connectivity index (χ1) is 9.97. The molecule has 0 unspecified atom stereocenters. The summed E-state index contributed by atoms with van der Waals surface area (Å²) in [5, 5.41) is 0. The highest BCUT2D eigenvalue weighted by atomic mass is 16.7. The molecule has 3 nitrogen and oxygen atoms in total. The smallest absolute Gasteiger partial charge is 0.337 e. The third-order valence-corrected chi connectivity index (χ3v) is 4.66. The SMILES string of the molecule is C=CCCCC1=CC(=O)O[C@@]2(C[C@H](C)CC[C@H]2C(C)C)O1. The van der Waals surface area contributed by atoms with Gasteiger partial charge >= 0.3 is 5.97 Å². The molecule has 0 bridgehead atoms. The van der Waals surface area contributed by atoms with Gasteiger partial charge < -0.3 is 9.47 Å². The number of allylic oxidation sites excluding steroid dienone is 2. The second-order valence-electron chi connectivity index (χ2n) is 6.86. The van der Waals surface area contributed by atoms with Crippen LogP contribution in [0.15, 0.2) is 24.5 Å². The second kappa shape index (κ2) is 6.67. The molecule has 1 fully saturated rings. The van der Waals surface area contributed by atoms with E-state index >= 15 is 0 Å². The lowest BCUT2D eigenvalue weighted by molar-refractivity contribution is -0.269. The van der Waals surface area contributed by atoms with E-state index in [1.165, 1.54) is 12.5 Å². The van der Waals surface area contributed by atoms with Crippen LogP contribution in [0, 0.1) is 17.8 Å². The summed E-state index contributed by atoms with van der Waals surface area (Å²) in [6, 6.07) is 0. The minimum absolute atomic E-state index is 0.241. The molecule has 0 aromatic rings. The zero-order chi connectivity index (χ0) is 15.5. The van der Waals surface area contributed by atoms with Gasteiger partial charge in [0.1, 0.15) is 5.76 Å². The van der Waals surface area contributed by atoms with Gasteiger partial charge in [-0.2, -0.15) is 0 Å². The molecule has 0 amide bonds. The van der Waals surface area contributed by atoms with Crippen molar-refractivity contribution in [3.8, 4) is 0 Å². The molecule has 0 radical (unpaired) electrons. The molecular weight excluding hydrogens is 264 g/mol. The van der Waals surface area contributed by atoms with E-state index in [0.29, 0.717) is 11.8 Å². The molecule has 1 saturated carbocycles. The van der Waals surface area contributed by atoms with Crippen LogP contribution in [0.5, 0.6) is 0 Å². The Labute approximate surface area is 128 Å². The molecule has 1 heterocycles. The summed E-state index contributed by atoms with van der Waals surface area (Å²) in [5.74, 6) is 1.06. The second-order valence-corrected chi connectivity index (χ2v) is 6.86. The third-order valence-electron chi connectivity index (χ3n) is 4.66. The molecule has 1 aliphatic carbocycles. The molecule has 118 valence electrons. The fraction of sp³-hybridized carbons (Fsp3) is 0.722. The molecule has 0 aromatic heterocycles. The Morgan fingerprint density at radius 1 is 1.43 bits per heavy atom. The Bertz CT molecular complexity index is 424. The van der Waals surface area contributed by atoms with E-state index in [1.54, 1.807) is 0 Å². The predicted molar refractivity (Wildman–Crippen MR) is 83.4 cm³/mol. The molecule has 0 saturated heterocycles. The summed E-state index contributed by atoms with van der Waals surface area (Å²) in [6.45, 7) is 10.3. The van der Waals surface area contributed by atoms with E-state index in [1.807, 2.05) is 6.08 Å². The maximum Gasteiger partial charge on any atom is 0.337 e. The Morgan fingerprint density at radius 3 is 2.86 bits per heavy atom. The Hall–Kier alpha value is -1.25. The highest BCUT2D eigenvalue weighted by molar-refractivity contribution is 5.83. The minimum atomic E-state index is -0.735. The maximum absolute atomic E-state index is 12.1. The summed E-state index contributed by atoms with van der Waals surface area (Å²) in [5.41, 5.74) is 0. The Kier molecular flexibility index (Phi) is 5.13. The van der Waals surface area contributed by atoms with Crippen LogP contribution in [0.2, 0.25) is 0 Å². The largest absolute Gasteiger partial charge is 0.456 e. The van der Waals surface area contributed by atoms with Gasteiger partial charge in [0.2, 0.25) is 0 Å². The van der Waals surface area contributed by atoms with Gasteiger partial charge in [-0.3, -0.25) is 0 Å². The molecule has 1 aliphatic heterocycles. The van der Waals surface area contributed by atoms with E-state index in [-0.39, 0.29) is 11.9 Å². The molecule has 0 N–H and O–H groups in total. The fourth-order valence-electron chi connectivity index (χ4n) is 3.65. The molecule has 1 spiro atoms. The van der Waals surface area contributed by atoms with E-state index in [0.717, 1.165) is 37.9 Å². The standard InChI is InChI=1S/C18H28O3/c1-5-6-7-8-15-11-17(19)21-18(20-15)12-14(4)9-10-16(18)13(2)3/h5,11,13-14,16H,1,6-10,12H2,2-4H3/t14-,16+,18-/m1/s1. The van der Waals surface area contributed by atoms with Crippen molar-refractivity contribution in [3.63, 3.8) is 0 Å². The average molecular weight is 292 g/mol. The van der Waals surface area contributed by atoms with Crippen LogP contribution in [0.3, 0.4) is 0 Å². The number of carbonyl (C=O) groups excluding carboxylic acids is 1. The van der Waals surface area contributed by atoms with Crippen LogP contribution in [0.25, 0.3) is 0 Å². The lowest BCUT2D eigenvalue weighted by Gasteiger charge is -2.48. The maximum atomic E-state index is 12.1. The number of esters is 1. The third kappa shape index (κ3) is 3.69. The molecule has 21 heavy (non-hydrogen) atoms. The van der Waals surface area contributed by atoms with Crippen molar-refractivity contribution in [3.05, 3.63) is 24.5 Å². The topological polar surface area (TPSA) is 35.5 Å². The Morgan fingerprint density at radius 2 is 2.19 bits per heavy atom. The monoisotopic (exact) mass is 292 g/mol. The van der Waals surface area contributed by atoms with Crippen molar-refractivity contribution in [2.45, 2.75) is 65.1 Å². The molecule has 3 atom stereocenters. The predicted octanol–water partition coefficient (Wildman–Crippen LogP) is 4.59. The van der Waals surface area contributed by atoms with Crippen molar-refractivity contribution >= 4 is 5.97 Å². The summed E-state index contributed by atoms with van der Waals surface area (Å²) >= 11 is 0. The van der Waals surface area contributed by atoms with Crippen LogP contribution >= 0.6 is 0 Å². The quantitative estimate of drug-likeness (QED) is 0.422. The number of hydrogen-bond acceptors (Lipinski definition) is 3. The van der Waals surface area contributed by atoms with Crippen molar-refractivity contribution in [2.24, 2.45) is 17.8 Å².